The Bertz CT molecular complexity index is 1090. The molecular formula is C21H23N5O4. The van der Waals surface area contributed by atoms with E-state index in [1.807, 2.05) is 0 Å². The van der Waals surface area contributed by atoms with Crippen molar-refractivity contribution in [2.75, 3.05) is 20.3 Å². The molecule has 0 radical (unpaired) electrons. The summed E-state index contributed by atoms with van der Waals surface area (Å²) in [5, 5.41) is 3.00. The van der Waals surface area contributed by atoms with Gasteiger partial charge in [0.15, 0.2) is 0 Å². The third-order valence-electron chi connectivity index (χ3n) is 4.52. The normalized spacial score (nSPS) is 10.7. The van der Waals surface area contributed by atoms with Crippen molar-refractivity contribution >= 4 is 22.8 Å². The van der Waals surface area contributed by atoms with Gasteiger partial charge in [0, 0.05) is 25.8 Å². The Balaban J connectivity index is 1.80. The van der Waals surface area contributed by atoms with Gasteiger partial charge in [0.25, 0.3) is 11.5 Å². The summed E-state index contributed by atoms with van der Waals surface area (Å²) in [4.78, 5) is 45.0. The number of H-pyrrole nitrogens is 1. The first-order valence-electron chi connectivity index (χ1n) is 9.36. The number of fused-ring (bicyclic) bond motifs is 1. The molecule has 156 valence electrons. The minimum absolute atomic E-state index is 0.132. The summed E-state index contributed by atoms with van der Waals surface area (Å²) in [6.07, 6.45) is 0. The first-order valence-corrected chi connectivity index (χ1v) is 9.36. The zero-order chi connectivity index (χ0) is 21.5. The number of hydrogen-bond donors (Lipinski definition) is 3. The molecule has 4 N–H and O–H groups in total. The monoisotopic (exact) mass is 409 g/mol. The lowest BCUT2D eigenvalue weighted by molar-refractivity contribution is 0.0675. The predicted octanol–water partition coefficient (Wildman–Crippen LogP) is 1.38. The molecule has 1 aromatic heterocycles. The van der Waals surface area contributed by atoms with Crippen molar-refractivity contribution in [1.82, 2.24) is 20.2 Å². The number of urea groups is 1. The van der Waals surface area contributed by atoms with E-state index in [0.29, 0.717) is 35.4 Å². The van der Waals surface area contributed by atoms with Crippen LogP contribution in [0, 0.1) is 0 Å². The summed E-state index contributed by atoms with van der Waals surface area (Å²) in [6, 6.07) is 13.3. The molecule has 2 aromatic carbocycles. The number of ether oxygens (including phenoxy) is 1. The maximum absolute atomic E-state index is 13.0. The van der Waals surface area contributed by atoms with Crippen LogP contribution in [0.3, 0.4) is 0 Å². The number of hydrogen-bond acceptors (Lipinski definition) is 5. The average molecular weight is 409 g/mol. The van der Waals surface area contributed by atoms with Crippen LogP contribution >= 0.6 is 0 Å². The van der Waals surface area contributed by atoms with E-state index in [0.717, 1.165) is 5.56 Å². The molecule has 1 heterocycles. The molecule has 0 spiro atoms. The molecule has 0 atom stereocenters. The van der Waals surface area contributed by atoms with E-state index in [1.165, 1.54) is 0 Å². The summed E-state index contributed by atoms with van der Waals surface area (Å²) in [7, 11) is 1.55. The number of methoxy groups -OCH3 is 1. The van der Waals surface area contributed by atoms with E-state index >= 15 is 0 Å². The van der Waals surface area contributed by atoms with Crippen molar-refractivity contribution in [3.05, 3.63) is 75.8 Å². The van der Waals surface area contributed by atoms with Crippen molar-refractivity contribution in [2.45, 2.75) is 13.1 Å². The number of aromatic nitrogens is 2. The molecule has 9 nitrogen and oxygen atoms in total. The van der Waals surface area contributed by atoms with Crippen molar-refractivity contribution < 1.29 is 14.3 Å². The number of benzene rings is 2. The molecule has 0 aliphatic carbocycles. The van der Waals surface area contributed by atoms with Gasteiger partial charge in [-0.2, -0.15) is 0 Å². The van der Waals surface area contributed by atoms with Crippen LogP contribution in [0.5, 0.6) is 0 Å². The molecular weight excluding hydrogens is 386 g/mol. The van der Waals surface area contributed by atoms with Crippen LogP contribution in [-0.4, -0.2) is 47.1 Å². The maximum atomic E-state index is 13.0. The van der Waals surface area contributed by atoms with Gasteiger partial charge in [0.1, 0.15) is 5.82 Å². The SMILES string of the molecule is COCCN(Cc1nc2ccccc2c(=O)[nH]1)C(=O)c1ccc(CNC(N)=O)cc1. The van der Waals surface area contributed by atoms with Gasteiger partial charge in [0.2, 0.25) is 0 Å². The van der Waals surface area contributed by atoms with E-state index in [2.05, 4.69) is 15.3 Å². The Morgan fingerprint density at radius 2 is 1.90 bits per heavy atom. The van der Waals surface area contributed by atoms with Gasteiger partial charge in [-0.1, -0.05) is 24.3 Å². The Hall–Kier alpha value is -3.72. The molecule has 0 aliphatic heterocycles. The highest BCUT2D eigenvalue weighted by molar-refractivity contribution is 5.94. The average Bonchev–Trinajstić information content (AvgIpc) is 2.75. The van der Waals surface area contributed by atoms with E-state index in [4.69, 9.17) is 10.5 Å². The molecule has 0 saturated carbocycles. The fourth-order valence-electron chi connectivity index (χ4n) is 2.98. The second-order valence-electron chi connectivity index (χ2n) is 6.66. The number of nitrogens with zero attached hydrogens (tertiary/aromatic N) is 2. The fraction of sp³-hybridized carbons (Fsp3) is 0.238. The van der Waals surface area contributed by atoms with Crippen LogP contribution in [0.1, 0.15) is 21.7 Å². The third kappa shape index (κ3) is 5.21. The highest BCUT2D eigenvalue weighted by Crippen LogP contribution is 2.12. The number of nitrogens with two attached hydrogens (primary N) is 1. The Morgan fingerprint density at radius 3 is 2.60 bits per heavy atom. The molecule has 0 bridgehead atoms. The second kappa shape index (κ2) is 9.66. The Morgan fingerprint density at radius 1 is 1.17 bits per heavy atom. The minimum atomic E-state index is -0.613. The first-order chi connectivity index (χ1) is 14.5. The zero-order valence-corrected chi connectivity index (χ0v) is 16.6. The number of amides is 3. The van der Waals surface area contributed by atoms with Gasteiger partial charge < -0.3 is 25.7 Å². The fourth-order valence-corrected chi connectivity index (χ4v) is 2.98. The summed E-state index contributed by atoms with van der Waals surface area (Å²) in [5.74, 6) is 0.169. The second-order valence-corrected chi connectivity index (χ2v) is 6.66. The topological polar surface area (TPSA) is 130 Å². The van der Waals surface area contributed by atoms with E-state index in [9.17, 15) is 14.4 Å². The van der Waals surface area contributed by atoms with Crippen LogP contribution in [0.2, 0.25) is 0 Å². The number of carbonyl (C=O) groups excluding carboxylic acids is 2. The molecule has 3 aromatic rings. The minimum Gasteiger partial charge on any atom is -0.383 e. The van der Waals surface area contributed by atoms with Crippen molar-refractivity contribution in [3.63, 3.8) is 0 Å². The highest BCUT2D eigenvalue weighted by Gasteiger charge is 2.18. The lowest BCUT2D eigenvalue weighted by Gasteiger charge is -2.22. The van der Waals surface area contributed by atoms with Gasteiger partial charge >= 0.3 is 6.03 Å². The quantitative estimate of drug-likeness (QED) is 0.517. The Kier molecular flexibility index (Phi) is 6.76. The third-order valence-corrected chi connectivity index (χ3v) is 4.52. The molecule has 30 heavy (non-hydrogen) atoms. The van der Waals surface area contributed by atoms with Gasteiger partial charge in [-0.3, -0.25) is 9.59 Å². The number of rotatable bonds is 8. The highest BCUT2D eigenvalue weighted by atomic mass is 16.5. The Labute approximate surface area is 172 Å². The molecule has 3 rings (SSSR count). The summed E-state index contributed by atoms with van der Waals surface area (Å²) >= 11 is 0. The van der Waals surface area contributed by atoms with Crippen LogP contribution in [0.25, 0.3) is 10.9 Å². The van der Waals surface area contributed by atoms with Crippen molar-refractivity contribution in [3.8, 4) is 0 Å². The standard InChI is InChI=1S/C21H23N5O4/c1-30-11-10-26(13-18-24-17-5-3-2-4-16(17)19(27)25-18)20(28)15-8-6-14(7-9-15)12-23-21(22)29/h2-9H,10-13H2,1H3,(H3,22,23,29)(H,24,25,27). The number of primary amides is 1. The largest absolute Gasteiger partial charge is 0.383 e. The van der Waals surface area contributed by atoms with Crippen molar-refractivity contribution in [1.29, 1.82) is 0 Å². The van der Waals surface area contributed by atoms with Crippen LogP contribution in [0.4, 0.5) is 4.79 Å². The molecule has 0 saturated heterocycles. The van der Waals surface area contributed by atoms with Crippen LogP contribution < -0.4 is 16.6 Å². The lowest BCUT2D eigenvalue weighted by Crippen LogP contribution is -2.34. The zero-order valence-electron chi connectivity index (χ0n) is 16.6. The molecule has 0 unspecified atom stereocenters. The van der Waals surface area contributed by atoms with E-state index in [-0.39, 0.29) is 24.6 Å². The van der Waals surface area contributed by atoms with Crippen LogP contribution in [0.15, 0.2) is 53.3 Å². The van der Waals surface area contributed by atoms with Gasteiger partial charge in [-0.15, -0.1) is 0 Å². The van der Waals surface area contributed by atoms with E-state index in [1.54, 1.807) is 60.5 Å². The molecule has 9 heteroatoms. The maximum Gasteiger partial charge on any atom is 0.312 e. The summed E-state index contributed by atoms with van der Waals surface area (Å²) in [5.41, 5.74) is 6.68. The molecule has 0 fully saturated rings. The molecule has 3 amide bonds. The predicted molar refractivity (Wildman–Crippen MR) is 112 cm³/mol. The van der Waals surface area contributed by atoms with Gasteiger partial charge in [0.05, 0.1) is 24.1 Å². The van der Waals surface area contributed by atoms with Gasteiger partial charge in [-0.25, -0.2) is 9.78 Å². The number of nitrogens with one attached hydrogen (secondary N) is 2. The number of para-hydroxylation sites is 1. The first kappa shape index (κ1) is 21.0. The lowest BCUT2D eigenvalue weighted by atomic mass is 10.1. The van der Waals surface area contributed by atoms with Crippen molar-refractivity contribution in [2.24, 2.45) is 5.73 Å². The number of aromatic amines is 1. The van der Waals surface area contributed by atoms with Gasteiger partial charge in [-0.05, 0) is 29.8 Å². The van der Waals surface area contributed by atoms with Crippen LogP contribution in [-0.2, 0) is 17.8 Å². The summed E-state index contributed by atoms with van der Waals surface area (Å²) < 4.78 is 5.13. The molecule has 0 aliphatic rings. The van der Waals surface area contributed by atoms with E-state index < -0.39 is 6.03 Å². The number of carbonyl (C=O) groups is 2. The smallest absolute Gasteiger partial charge is 0.312 e. The summed E-state index contributed by atoms with van der Waals surface area (Å²) in [6.45, 7) is 1.08.